The quantitative estimate of drug-likeness (QED) is 0.583. The van der Waals surface area contributed by atoms with Crippen LogP contribution in [0.2, 0.25) is 0 Å². The minimum absolute atomic E-state index is 0.225. The maximum Gasteiger partial charge on any atom is 0.117 e. The summed E-state index contributed by atoms with van der Waals surface area (Å²) < 4.78 is 1.87. The average molecular weight is 312 g/mol. The van der Waals surface area contributed by atoms with Gasteiger partial charge in [-0.15, -0.1) is 0 Å². The van der Waals surface area contributed by atoms with E-state index in [0.29, 0.717) is 0 Å². The molecule has 0 unspecified atom stereocenters. The van der Waals surface area contributed by atoms with Crippen LogP contribution < -0.4 is 0 Å². The zero-order valence-corrected chi connectivity index (χ0v) is 13.0. The zero-order chi connectivity index (χ0) is 16.4. The summed E-state index contributed by atoms with van der Waals surface area (Å²) in [7, 11) is 0. The number of nitrogens with zero attached hydrogens (tertiary/aromatic N) is 2. The summed E-state index contributed by atoms with van der Waals surface area (Å²) in [6.07, 6.45) is 1.88. The Kier molecular flexibility index (Phi) is 3.60. The molecule has 0 bridgehead atoms. The summed E-state index contributed by atoms with van der Waals surface area (Å²) in [5.74, 6) is 0.225. The van der Waals surface area contributed by atoms with Gasteiger partial charge in [0.1, 0.15) is 5.75 Å². The monoisotopic (exact) mass is 312 g/mol. The number of rotatable bonds is 3. The van der Waals surface area contributed by atoms with Crippen LogP contribution in [0.25, 0.3) is 28.1 Å². The summed E-state index contributed by atoms with van der Waals surface area (Å²) in [5, 5.41) is 14.4. The van der Waals surface area contributed by atoms with Gasteiger partial charge in [-0.05, 0) is 17.7 Å². The van der Waals surface area contributed by atoms with Crippen molar-refractivity contribution in [2.75, 3.05) is 0 Å². The van der Waals surface area contributed by atoms with Gasteiger partial charge in [0.05, 0.1) is 17.6 Å². The lowest BCUT2D eigenvalue weighted by molar-refractivity contribution is 0.475. The SMILES string of the molecule is Oc1cccc(-n2ncc(-c3ccccc3)c2-c2ccccc2)c1. The molecule has 0 amide bonds. The fraction of sp³-hybridized carbons (Fsp3) is 0. The minimum atomic E-state index is 0.225. The van der Waals surface area contributed by atoms with Crippen LogP contribution in [-0.2, 0) is 0 Å². The van der Waals surface area contributed by atoms with Crippen molar-refractivity contribution in [2.45, 2.75) is 0 Å². The van der Waals surface area contributed by atoms with Gasteiger partial charge in [-0.1, -0.05) is 66.7 Å². The molecule has 0 atom stereocenters. The molecule has 0 aliphatic heterocycles. The molecular weight excluding hydrogens is 296 g/mol. The highest BCUT2D eigenvalue weighted by Crippen LogP contribution is 2.34. The molecule has 4 rings (SSSR count). The van der Waals surface area contributed by atoms with Crippen LogP contribution in [-0.4, -0.2) is 14.9 Å². The second kappa shape index (κ2) is 6.05. The van der Waals surface area contributed by atoms with E-state index in [2.05, 4.69) is 29.4 Å². The largest absolute Gasteiger partial charge is 0.508 e. The van der Waals surface area contributed by atoms with Gasteiger partial charge in [0.15, 0.2) is 0 Å². The molecule has 0 aliphatic carbocycles. The Bertz CT molecular complexity index is 960. The third-order valence-corrected chi connectivity index (χ3v) is 3.98. The second-order valence-electron chi connectivity index (χ2n) is 5.57. The summed E-state index contributed by atoms with van der Waals surface area (Å²) in [4.78, 5) is 0. The van der Waals surface area contributed by atoms with E-state index in [1.54, 1.807) is 12.1 Å². The van der Waals surface area contributed by atoms with Crippen molar-refractivity contribution in [1.29, 1.82) is 0 Å². The lowest BCUT2D eigenvalue weighted by Crippen LogP contribution is -1.99. The summed E-state index contributed by atoms with van der Waals surface area (Å²) in [5.41, 5.74) is 5.09. The van der Waals surface area contributed by atoms with E-state index in [0.717, 1.165) is 28.1 Å². The maximum absolute atomic E-state index is 9.82. The van der Waals surface area contributed by atoms with Crippen molar-refractivity contribution in [1.82, 2.24) is 9.78 Å². The van der Waals surface area contributed by atoms with Crippen LogP contribution in [0.5, 0.6) is 5.75 Å². The molecule has 1 heterocycles. The maximum atomic E-state index is 9.82. The van der Waals surface area contributed by atoms with Crippen LogP contribution in [0.1, 0.15) is 0 Å². The molecule has 0 saturated heterocycles. The Morgan fingerprint density at radius 1 is 0.708 bits per heavy atom. The fourth-order valence-electron chi connectivity index (χ4n) is 2.87. The van der Waals surface area contributed by atoms with Crippen molar-refractivity contribution >= 4 is 0 Å². The highest BCUT2D eigenvalue weighted by atomic mass is 16.3. The Morgan fingerprint density at radius 3 is 2.04 bits per heavy atom. The van der Waals surface area contributed by atoms with Crippen molar-refractivity contribution in [3.8, 4) is 33.8 Å². The van der Waals surface area contributed by atoms with Gasteiger partial charge < -0.3 is 5.11 Å². The van der Waals surface area contributed by atoms with Crippen LogP contribution in [0, 0.1) is 0 Å². The van der Waals surface area contributed by atoms with Gasteiger partial charge >= 0.3 is 0 Å². The van der Waals surface area contributed by atoms with E-state index in [4.69, 9.17) is 0 Å². The van der Waals surface area contributed by atoms with Crippen LogP contribution >= 0.6 is 0 Å². The van der Waals surface area contributed by atoms with E-state index < -0.39 is 0 Å². The third kappa shape index (κ3) is 2.57. The van der Waals surface area contributed by atoms with Crippen molar-refractivity contribution < 1.29 is 5.11 Å². The molecule has 0 aliphatic rings. The number of phenols is 1. The summed E-state index contributed by atoms with van der Waals surface area (Å²) in [6, 6.07) is 27.5. The fourth-order valence-corrected chi connectivity index (χ4v) is 2.87. The van der Waals surface area contributed by atoms with Crippen molar-refractivity contribution in [2.24, 2.45) is 0 Å². The lowest BCUT2D eigenvalue weighted by atomic mass is 10.0. The van der Waals surface area contributed by atoms with Crippen LogP contribution in [0.4, 0.5) is 0 Å². The van der Waals surface area contributed by atoms with Crippen LogP contribution in [0.15, 0.2) is 91.1 Å². The predicted molar refractivity (Wildman–Crippen MR) is 96.1 cm³/mol. The number of phenolic OH excluding ortho intramolecular Hbond substituents is 1. The Balaban J connectivity index is 1.97. The molecule has 24 heavy (non-hydrogen) atoms. The first-order valence-corrected chi connectivity index (χ1v) is 7.81. The first-order valence-electron chi connectivity index (χ1n) is 7.81. The van der Waals surface area contributed by atoms with Crippen molar-refractivity contribution in [3.05, 3.63) is 91.1 Å². The number of aromatic nitrogens is 2. The first kappa shape index (κ1) is 14.3. The molecule has 0 spiro atoms. The smallest absolute Gasteiger partial charge is 0.117 e. The highest BCUT2D eigenvalue weighted by Gasteiger charge is 2.15. The van der Waals surface area contributed by atoms with E-state index in [9.17, 15) is 5.11 Å². The molecular formula is C21H16N2O. The van der Waals surface area contributed by atoms with Gasteiger partial charge in [0.25, 0.3) is 0 Å². The highest BCUT2D eigenvalue weighted by molar-refractivity contribution is 5.81. The van der Waals surface area contributed by atoms with Gasteiger partial charge in [-0.25, -0.2) is 4.68 Å². The summed E-state index contributed by atoms with van der Waals surface area (Å²) >= 11 is 0. The van der Waals surface area contributed by atoms with Gasteiger partial charge in [0.2, 0.25) is 0 Å². The minimum Gasteiger partial charge on any atom is -0.508 e. The molecule has 3 nitrogen and oxygen atoms in total. The van der Waals surface area contributed by atoms with Gasteiger partial charge in [-0.2, -0.15) is 5.10 Å². The molecule has 0 radical (unpaired) electrons. The summed E-state index contributed by atoms with van der Waals surface area (Å²) in [6.45, 7) is 0. The number of hydrogen-bond donors (Lipinski definition) is 1. The molecule has 0 fully saturated rings. The van der Waals surface area contributed by atoms with Crippen molar-refractivity contribution in [3.63, 3.8) is 0 Å². The molecule has 1 aromatic heterocycles. The first-order chi connectivity index (χ1) is 11.8. The molecule has 116 valence electrons. The predicted octanol–water partition coefficient (Wildman–Crippen LogP) is 4.91. The Morgan fingerprint density at radius 2 is 1.38 bits per heavy atom. The Labute approximate surface area is 140 Å². The molecule has 0 saturated carbocycles. The van der Waals surface area contributed by atoms with E-state index >= 15 is 0 Å². The topological polar surface area (TPSA) is 38.0 Å². The third-order valence-electron chi connectivity index (χ3n) is 3.98. The number of hydrogen-bond acceptors (Lipinski definition) is 2. The number of benzene rings is 3. The van der Waals surface area contributed by atoms with E-state index in [1.807, 2.05) is 59.4 Å². The molecule has 3 heteroatoms. The molecule has 4 aromatic rings. The van der Waals surface area contributed by atoms with E-state index in [-0.39, 0.29) is 5.75 Å². The van der Waals surface area contributed by atoms with Crippen LogP contribution in [0.3, 0.4) is 0 Å². The van der Waals surface area contributed by atoms with Gasteiger partial charge in [0, 0.05) is 17.2 Å². The standard InChI is InChI=1S/C21H16N2O/c24-19-13-7-12-18(14-19)23-21(17-10-5-2-6-11-17)20(15-22-23)16-8-3-1-4-9-16/h1-15,24H. The lowest BCUT2D eigenvalue weighted by Gasteiger charge is -2.11. The normalized spacial score (nSPS) is 10.7. The average Bonchev–Trinajstić information content (AvgIpc) is 3.08. The molecule has 3 aromatic carbocycles. The van der Waals surface area contributed by atoms with E-state index in [1.165, 1.54) is 0 Å². The second-order valence-corrected chi connectivity index (χ2v) is 5.57. The van der Waals surface area contributed by atoms with Gasteiger partial charge in [-0.3, -0.25) is 0 Å². The Hall–Kier alpha value is -3.33. The number of aromatic hydroxyl groups is 1. The molecule has 1 N–H and O–H groups in total. The zero-order valence-electron chi connectivity index (χ0n) is 13.0.